The van der Waals surface area contributed by atoms with Crippen molar-refractivity contribution < 1.29 is 73.7 Å². The zero-order valence-corrected chi connectivity index (χ0v) is 22.0. The van der Waals surface area contributed by atoms with Crippen molar-refractivity contribution >= 4 is 5.97 Å². The first kappa shape index (κ1) is 30.5. The van der Waals surface area contributed by atoms with Gasteiger partial charge in [0.25, 0.3) is 0 Å². The van der Waals surface area contributed by atoms with E-state index in [4.69, 9.17) is 33.2 Å². The molecule has 15 nitrogen and oxygen atoms in total. The number of benzene rings is 2. The minimum Gasteiger partial charge on any atom is -0.504 e. The fourth-order valence-corrected chi connectivity index (χ4v) is 4.29. The number of phenols is 2. The van der Waals surface area contributed by atoms with Gasteiger partial charge in [-0.1, -0.05) is 0 Å². The van der Waals surface area contributed by atoms with Crippen LogP contribution in [0.1, 0.15) is 10.4 Å². The van der Waals surface area contributed by atoms with E-state index in [0.29, 0.717) is 0 Å². The Bertz CT molecular complexity index is 1210. The monoisotopic (exact) mass is 584 g/mol. The molecule has 4 rings (SSSR count). The normalized spacial score (nSPS) is 31.4. The Morgan fingerprint density at radius 3 is 2.29 bits per heavy atom. The molecular formula is C26H32O15. The molecule has 0 aromatic heterocycles. The fraction of sp³-hybridized carbons (Fsp3) is 0.500. The SMILES string of the molecule is COc1cc(O[C@@H]2O[C@H](CO)[C@@H](O)[C@H](O)[C@H]2O[C@H]2OC[C@](O)(COC(=O)c3ccc(O)c(OC)c3)[C@H]2O)ccc1O. The molecule has 8 atom stereocenters. The topological polar surface area (TPSA) is 223 Å². The number of hydrogen-bond donors (Lipinski definition) is 7. The van der Waals surface area contributed by atoms with Gasteiger partial charge in [0, 0.05) is 6.07 Å². The van der Waals surface area contributed by atoms with Crippen LogP contribution in [0.4, 0.5) is 0 Å². The summed E-state index contributed by atoms with van der Waals surface area (Å²) in [6.45, 7) is -1.94. The van der Waals surface area contributed by atoms with Crippen molar-refractivity contribution in [3.63, 3.8) is 0 Å². The minimum absolute atomic E-state index is 0.00482. The summed E-state index contributed by atoms with van der Waals surface area (Å²) in [5.74, 6) is -1.07. The van der Waals surface area contributed by atoms with Gasteiger partial charge in [-0.05, 0) is 30.3 Å². The summed E-state index contributed by atoms with van der Waals surface area (Å²) in [6.07, 6.45) is -11.0. The summed E-state index contributed by atoms with van der Waals surface area (Å²) in [5, 5.41) is 72.0. The largest absolute Gasteiger partial charge is 0.504 e. The van der Waals surface area contributed by atoms with E-state index in [-0.39, 0.29) is 34.3 Å². The molecule has 0 saturated carbocycles. The maximum Gasteiger partial charge on any atom is 0.338 e. The predicted molar refractivity (Wildman–Crippen MR) is 134 cm³/mol. The molecule has 0 unspecified atom stereocenters. The predicted octanol–water partition coefficient (Wildman–Crippen LogP) is -1.38. The first-order valence-corrected chi connectivity index (χ1v) is 12.4. The summed E-state index contributed by atoms with van der Waals surface area (Å²) in [5.41, 5.74) is -2.13. The van der Waals surface area contributed by atoms with Gasteiger partial charge < -0.3 is 68.9 Å². The van der Waals surface area contributed by atoms with Crippen LogP contribution in [-0.4, -0.2) is 124 Å². The number of phenolic OH excluding ortho intramolecular Hbond substituents is 2. The fourth-order valence-electron chi connectivity index (χ4n) is 4.29. The summed E-state index contributed by atoms with van der Waals surface area (Å²) < 4.78 is 37.6. The van der Waals surface area contributed by atoms with Crippen molar-refractivity contribution in [2.75, 3.05) is 34.0 Å². The first-order chi connectivity index (χ1) is 19.5. The van der Waals surface area contributed by atoms with Crippen LogP contribution < -0.4 is 14.2 Å². The summed E-state index contributed by atoms with van der Waals surface area (Å²) >= 11 is 0. The molecule has 0 aliphatic carbocycles. The van der Waals surface area contributed by atoms with Gasteiger partial charge in [0.15, 0.2) is 41.0 Å². The molecular weight excluding hydrogens is 552 g/mol. The Balaban J connectivity index is 1.45. The maximum absolute atomic E-state index is 12.5. The van der Waals surface area contributed by atoms with Crippen molar-refractivity contribution in [1.82, 2.24) is 0 Å². The van der Waals surface area contributed by atoms with E-state index < -0.39 is 74.5 Å². The van der Waals surface area contributed by atoms with Crippen molar-refractivity contribution in [2.45, 2.75) is 48.7 Å². The molecule has 2 aliphatic heterocycles. The molecule has 2 saturated heterocycles. The number of methoxy groups -OCH3 is 2. The number of aromatic hydroxyl groups is 2. The molecule has 2 aromatic rings. The minimum atomic E-state index is -2.13. The van der Waals surface area contributed by atoms with Gasteiger partial charge in [-0.25, -0.2) is 4.79 Å². The van der Waals surface area contributed by atoms with Gasteiger partial charge >= 0.3 is 5.97 Å². The van der Waals surface area contributed by atoms with E-state index >= 15 is 0 Å². The Hall–Kier alpha value is -3.41. The van der Waals surface area contributed by atoms with Gasteiger partial charge in [0.1, 0.15) is 36.8 Å². The van der Waals surface area contributed by atoms with Gasteiger partial charge in [-0.2, -0.15) is 0 Å². The van der Waals surface area contributed by atoms with Gasteiger partial charge in [0.05, 0.1) is 33.0 Å². The molecule has 0 radical (unpaired) electrons. The number of aliphatic hydroxyl groups is 5. The number of hydrogen-bond acceptors (Lipinski definition) is 15. The number of ether oxygens (including phenoxy) is 7. The summed E-state index contributed by atoms with van der Waals surface area (Å²) in [7, 11) is 2.62. The number of carbonyl (C=O) groups excluding carboxylic acids is 1. The van der Waals surface area contributed by atoms with Crippen LogP contribution in [0, 0.1) is 0 Å². The smallest absolute Gasteiger partial charge is 0.338 e. The Morgan fingerprint density at radius 1 is 0.976 bits per heavy atom. The second-order valence-corrected chi connectivity index (χ2v) is 9.45. The third kappa shape index (κ3) is 6.42. The highest BCUT2D eigenvalue weighted by atomic mass is 16.8. The summed E-state index contributed by atoms with van der Waals surface area (Å²) in [6, 6.07) is 7.69. The van der Waals surface area contributed by atoms with Crippen LogP contribution in [-0.2, 0) is 18.9 Å². The van der Waals surface area contributed by atoms with E-state index in [1.54, 1.807) is 0 Å². The molecule has 226 valence electrons. The second-order valence-electron chi connectivity index (χ2n) is 9.45. The molecule has 7 N–H and O–H groups in total. The molecule has 2 aromatic carbocycles. The van der Waals surface area contributed by atoms with Crippen LogP contribution in [0.3, 0.4) is 0 Å². The molecule has 15 heteroatoms. The second kappa shape index (κ2) is 12.6. The third-order valence-electron chi connectivity index (χ3n) is 6.69. The lowest BCUT2D eigenvalue weighted by Gasteiger charge is -2.42. The zero-order valence-electron chi connectivity index (χ0n) is 22.0. The maximum atomic E-state index is 12.5. The Labute approximate surface area is 233 Å². The van der Waals surface area contributed by atoms with E-state index in [1.165, 1.54) is 50.6 Å². The van der Waals surface area contributed by atoms with Crippen LogP contribution >= 0.6 is 0 Å². The molecule has 2 aliphatic rings. The van der Waals surface area contributed by atoms with E-state index in [9.17, 15) is 40.5 Å². The molecule has 0 amide bonds. The molecule has 2 heterocycles. The average Bonchev–Trinajstić information content (AvgIpc) is 3.25. The van der Waals surface area contributed by atoms with Gasteiger partial charge in [-0.3, -0.25) is 0 Å². The van der Waals surface area contributed by atoms with Crippen LogP contribution in [0.15, 0.2) is 36.4 Å². The number of aliphatic hydroxyl groups excluding tert-OH is 4. The van der Waals surface area contributed by atoms with Crippen molar-refractivity contribution in [2.24, 2.45) is 0 Å². The van der Waals surface area contributed by atoms with Crippen LogP contribution in [0.25, 0.3) is 0 Å². The van der Waals surface area contributed by atoms with Gasteiger partial charge in [-0.15, -0.1) is 0 Å². The Morgan fingerprint density at radius 2 is 1.63 bits per heavy atom. The number of esters is 1. The number of carbonyl (C=O) groups is 1. The van der Waals surface area contributed by atoms with E-state index in [0.717, 1.165) is 0 Å². The lowest BCUT2D eigenvalue weighted by Crippen LogP contribution is -2.62. The van der Waals surface area contributed by atoms with E-state index in [2.05, 4.69) is 0 Å². The molecule has 0 spiro atoms. The average molecular weight is 585 g/mol. The highest BCUT2D eigenvalue weighted by Crippen LogP contribution is 2.35. The van der Waals surface area contributed by atoms with Gasteiger partial charge in [0.2, 0.25) is 6.29 Å². The quantitative estimate of drug-likeness (QED) is 0.160. The van der Waals surface area contributed by atoms with Crippen LogP contribution in [0.2, 0.25) is 0 Å². The van der Waals surface area contributed by atoms with Crippen LogP contribution in [0.5, 0.6) is 28.7 Å². The van der Waals surface area contributed by atoms with E-state index in [1.807, 2.05) is 0 Å². The Kier molecular flexibility index (Phi) is 9.41. The molecule has 2 fully saturated rings. The lowest BCUT2D eigenvalue weighted by atomic mass is 9.98. The molecule has 41 heavy (non-hydrogen) atoms. The van der Waals surface area contributed by atoms with Crippen molar-refractivity contribution in [3.8, 4) is 28.7 Å². The first-order valence-electron chi connectivity index (χ1n) is 12.4. The highest BCUT2D eigenvalue weighted by Gasteiger charge is 2.54. The summed E-state index contributed by atoms with van der Waals surface area (Å²) in [4.78, 5) is 12.5. The number of rotatable bonds is 10. The lowest BCUT2D eigenvalue weighted by molar-refractivity contribution is -0.318. The standard InChI is InChI=1S/C26H32O15/c1-35-16-7-12(3-5-14(16)28)23(33)37-10-26(34)11-38-25(22(26)32)41-21-20(31)19(30)18(9-27)40-24(21)39-13-4-6-15(29)17(8-13)36-2/h3-8,18-22,24-25,27-32,34H,9-11H2,1-2H3/t18-,19-,20+,21-,22+,24-,25-,26-/m1/s1. The van der Waals surface area contributed by atoms with Crippen molar-refractivity contribution in [1.29, 1.82) is 0 Å². The molecule has 0 bridgehead atoms. The van der Waals surface area contributed by atoms with Crippen molar-refractivity contribution in [3.05, 3.63) is 42.0 Å². The third-order valence-corrected chi connectivity index (χ3v) is 6.69. The highest BCUT2D eigenvalue weighted by molar-refractivity contribution is 5.90. The zero-order chi connectivity index (χ0) is 29.9.